The largest absolute Gasteiger partial charge is 0.269 e. The van der Waals surface area contributed by atoms with Gasteiger partial charge in [0.05, 0.1) is 15.9 Å². The summed E-state index contributed by atoms with van der Waals surface area (Å²) in [5.74, 6) is 0. The molecule has 0 aliphatic heterocycles. The van der Waals surface area contributed by atoms with E-state index in [0.29, 0.717) is 16.6 Å². The molecular formula is C15H13BrN2O2S. The molecule has 2 aromatic carbocycles. The second-order valence-electron chi connectivity index (χ2n) is 4.90. The molecule has 3 rings (SSSR count). The first-order valence-electron chi connectivity index (χ1n) is 6.35. The van der Waals surface area contributed by atoms with Crippen molar-refractivity contribution >= 4 is 37.0 Å². The van der Waals surface area contributed by atoms with Gasteiger partial charge in [-0.2, -0.15) is 0 Å². The van der Waals surface area contributed by atoms with Crippen LogP contribution in [0.4, 0.5) is 0 Å². The number of halogens is 1. The lowest BCUT2D eigenvalue weighted by molar-refractivity contribution is 0.588. The number of para-hydroxylation sites is 1. The van der Waals surface area contributed by atoms with Crippen molar-refractivity contribution < 1.29 is 8.42 Å². The van der Waals surface area contributed by atoms with E-state index in [0.717, 1.165) is 10.0 Å². The quantitative estimate of drug-likeness (QED) is 0.697. The Labute approximate surface area is 131 Å². The highest BCUT2D eigenvalue weighted by atomic mass is 79.9. The van der Waals surface area contributed by atoms with Gasteiger partial charge in [-0.05, 0) is 49.2 Å². The van der Waals surface area contributed by atoms with Crippen LogP contribution >= 0.6 is 15.9 Å². The molecule has 0 aliphatic rings. The van der Waals surface area contributed by atoms with Gasteiger partial charge in [0.25, 0.3) is 10.0 Å². The molecule has 108 valence electrons. The van der Waals surface area contributed by atoms with Gasteiger partial charge in [-0.25, -0.2) is 17.4 Å². The average molecular weight is 365 g/mol. The van der Waals surface area contributed by atoms with Gasteiger partial charge < -0.3 is 0 Å². The zero-order chi connectivity index (χ0) is 15.2. The minimum atomic E-state index is -3.66. The van der Waals surface area contributed by atoms with E-state index in [2.05, 4.69) is 20.9 Å². The van der Waals surface area contributed by atoms with Crippen LogP contribution in [0, 0.1) is 13.8 Å². The molecule has 0 amide bonds. The summed E-state index contributed by atoms with van der Waals surface area (Å²) in [5.41, 5.74) is 2.87. The highest BCUT2D eigenvalue weighted by molar-refractivity contribution is 9.10. The molecule has 0 aliphatic carbocycles. The molecule has 0 N–H and O–H groups in total. The molecule has 0 spiro atoms. The van der Waals surface area contributed by atoms with Gasteiger partial charge in [0.1, 0.15) is 6.33 Å². The summed E-state index contributed by atoms with van der Waals surface area (Å²) in [4.78, 5) is 4.48. The maximum Gasteiger partial charge on any atom is 0.269 e. The Hall–Kier alpha value is -1.66. The molecule has 1 aromatic heterocycles. The molecule has 1 heterocycles. The maximum absolute atomic E-state index is 12.9. The number of aryl methyl sites for hydroxylation is 2. The number of benzene rings is 2. The fraction of sp³-hybridized carbons (Fsp3) is 0.133. The monoisotopic (exact) mass is 364 g/mol. The first kappa shape index (κ1) is 14.3. The summed E-state index contributed by atoms with van der Waals surface area (Å²) >= 11 is 3.35. The van der Waals surface area contributed by atoms with Gasteiger partial charge in [0.2, 0.25) is 0 Å². The van der Waals surface area contributed by atoms with Gasteiger partial charge in [0.15, 0.2) is 0 Å². The molecule has 21 heavy (non-hydrogen) atoms. The highest BCUT2D eigenvalue weighted by Gasteiger charge is 2.22. The minimum Gasteiger partial charge on any atom is -0.236 e. The Morgan fingerprint density at radius 2 is 1.86 bits per heavy atom. The second-order valence-corrected chi connectivity index (χ2v) is 7.60. The smallest absolute Gasteiger partial charge is 0.236 e. The van der Waals surface area contributed by atoms with Crippen molar-refractivity contribution in [2.24, 2.45) is 0 Å². The molecule has 0 fully saturated rings. The van der Waals surface area contributed by atoms with E-state index in [4.69, 9.17) is 0 Å². The Balaban J connectivity index is 2.31. The number of nitrogens with zero attached hydrogens (tertiary/aromatic N) is 2. The summed E-state index contributed by atoms with van der Waals surface area (Å²) in [6.45, 7) is 3.66. The predicted octanol–water partition coefficient (Wildman–Crippen LogP) is 3.65. The number of aromatic nitrogens is 2. The molecule has 0 unspecified atom stereocenters. The lowest BCUT2D eigenvalue weighted by Gasteiger charge is -2.10. The molecule has 3 aromatic rings. The van der Waals surface area contributed by atoms with Gasteiger partial charge >= 0.3 is 0 Å². The highest BCUT2D eigenvalue weighted by Crippen LogP contribution is 2.26. The minimum absolute atomic E-state index is 0.285. The van der Waals surface area contributed by atoms with Crippen molar-refractivity contribution in [2.75, 3.05) is 0 Å². The summed E-state index contributed by atoms with van der Waals surface area (Å²) < 4.78 is 27.9. The molecule has 0 radical (unpaired) electrons. The standard InChI is InChI=1S/C15H13BrN2O2S/c1-10-4-3-5-13-15(10)18(9-17-13)21(19,20)14-7-6-12(16)8-11(14)2/h3-9H,1-2H3. The van der Waals surface area contributed by atoms with Crippen LogP contribution in [0.5, 0.6) is 0 Å². The van der Waals surface area contributed by atoms with Gasteiger partial charge in [-0.15, -0.1) is 0 Å². The third-order valence-corrected chi connectivity index (χ3v) is 5.71. The molecule has 4 nitrogen and oxygen atoms in total. The molecule has 0 bridgehead atoms. The zero-order valence-corrected chi connectivity index (χ0v) is 13.9. The molecule has 0 atom stereocenters. The van der Waals surface area contributed by atoms with Gasteiger partial charge in [-0.1, -0.05) is 28.1 Å². The Morgan fingerprint density at radius 1 is 1.10 bits per heavy atom. The Morgan fingerprint density at radius 3 is 2.57 bits per heavy atom. The predicted molar refractivity (Wildman–Crippen MR) is 85.9 cm³/mol. The van der Waals surface area contributed by atoms with Crippen molar-refractivity contribution in [2.45, 2.75) is 18.7 Å². The van der Waals surface area contributed by atoms with Crippen LogP contribution in [-0.4, -0.2) is 17.4 Å². The van der Waals surface area contributed by atoms with Gasteiger partial charge in [0, 0.05) is 4.47 Å². The Bertz CT molecular complexity index is 945. The number of fused-ring (bicyclic) bond motifs is 1. The fourth-order valence-corrected chi connectivity index (χ4v) is 4.44. The van der Waals surface area contributed by atoms with E-state index in [-0.39, 0.29) is 4.90 Å². The lowest BCUT2D eigenvalue weighted by atomic mass is 10.2. The van der Waals surface area contributed by atoms with E-state index in [9.17, 15) is 8.42 Å². The summed E-state index contributed by atoms with van der Waals surface area (Å²) in [7, 11) is -3.66. The summed E-state index contributed by atoms with van der Waals surface area (Å²) in [6.07, 6.45) is 1.37. The van der Waals surface area contributed by atoms with Crippen molar-refractivity contribution in [3.8, 4) is 0 Å². The van der Waals surface area contributed by atoms with E-state index < -0.39 is 10.0 Å². The van der Waals surface area contributed by atoms with Gasteiger partial charge in [-0.3, -0.25) is 0 Å². The van der Waals surface area contributed by atoms with E-state index >= 15 is 0 Å². The van der Waals surface area contributed by atoms with Crippen molar-refractivity contribution in [3.05, 3.63) is 58.3 Å². The Kier molecular flexibility index (Phi) is 3.37. The number of rotatable bonds is 2. The van der Waals surface area contributed by atoms with E-state index in [1.165, 1.54) is 10.3 Å². The van der Waals surface area contributed by atoms with E-state index in [1.807, 2.05) is 25.1 Å². The summed E-state index contributed by atoms with van der Waals surface area (Å²) in [6, 6.07) is 10.7. The van der Waals surface area contributed by atoms with Crippen LogP contribution in [0.15, 0.2) is 52.1 Å². The van der Waals surface area contributed by atoms with Crippen LogP contribution in [0.3, 0.4) is 0 Å². The van der Waals surface area contributed by atoms with Crippen molar-refractivity contribution in [1.82, 2.24) is 8.96 Å². The van der Waals surface area contributed by atoms with Crippen LogP contribution < -0.4 is 0 Å². The fourth-order valence-electron chi connectivity index (χ4n) is 2.40. The maximum atomic E-state index is 12.9. The lowest BCUT2D eigenvalue weighted by Crippen LogP contribution is -2.13. The molecule has 0 saturated heterocycles. The summed E-state index contributed by atoms with van der Waals surface area (Å²) in [5, 5.41) is 0. The van der Waals surface area contributed by atoms with Crippen LogP contribution in [-0.2, 0) is 10.0 Å². The second kappa shape index (κ2) is 4.96. The van der Waals surface area contributed by atoms with Crippen LogP contribution in [0.1, 0.15) is 11.1 Å². The molecule has 0 saturated carbocycles. The van der Waals surface area contributed by atoms with Crippen molar-refractivity contribution in [3.63, 3.8) is 0 Å². The average Bonchev–Trinajstić information content (AvgIpc) is 2.84. The third-order valence-electron chi connectivity index (χ3n) is 3.41. The SMILES string of the molecule is Cc1cc(Br)ccc1S(=O)(=O)n1cnc2cccc(C)c21. The van der Waals surface area contributed by atoms with E-state index in [1.54, 1.807) is 25.1 Å². The number of hydrogen-bond donors (Lipinski definition) is 0. The first-order valence-corrected chi connectivity index (χ1v) is 8.59. The zero-order valence-electron chi connectivity index (χ0n) is 11.5. The first-order chi connectivity index (χ1) is 9.91. The van der Waals surface area contributed by atoms with Crippen LogP contribution in [0.2, 0.25) is 0 Å². The third kappa shape index (κ3) is 2.28. The number of hydrogen-bond acceptors (Lipinski definition) is 3. The topological polar surface area (TPSA) is 52.0 Å². The van der Waals surface area contributed by atoms with Crippen LogP contribution in [0.25, 0.3) is 11.0 Å². The number of imidazole rings is 1. The molecule has 6 heteroatoms. The van der Waals surface area contributed by atoms with Crippen molar-refractivity contribution in [1.29, 1.82) is 0 Å². The normalized spacial score (nSPS) is 12.0. The molecular weight excluding hydrogens is 352 g/mol.